The van der Waals surface area contributed by atoms with Crippen LogP contribution in [0, 0.1) is 6.92 Å². The Kier molecular flexibility index (Phi) is 1.71. The number of imidazole rings is 1. The summed E-state index contributed by atoms with van der Waals surface area (Å²) in [6.45, 7) is 1.97. The Balaban J connectivity index is 2.21. The van der Waals surface area contributed by atoms with Crippen LogP contribution in [0.25, 0.3) is 0 Å². The van der Waals surface area contributed by atoms with Gasteiger partial charge in [-0.05, 0) is 13.3 Å². The molecule has 1 unspecified atom stereocenters. The molecule has 1 aromatic rings. The van der Waals surface area contributed by atoms with E-state index >= 15 is 0 Å². The molecule has 1 heterocycles. The lowest BCUT2D eigenvalue weighted by Gasteiger charge is -2.11. The fourth-order valence-corrected chi connectivity index (χ4v) is 1.81. The van der Waals surface area contributed by atoms with Gasteiger partial charge in [-0.25, -0.2) is 4.98 Å². The van der Waals surface area contributed by atoms with Crippen molar-refractivity contribution in [3.63, 3.8) is 0 Å². The molecule has 3 nitrogen and oxygen atoms in total. The highest BCUT2D eigenvalue weighted by Crippen LogP contribution is 2.27. The van der Waals surface area contributed by atoms with Crippen LogP contribution < -0.4 is 0 Å². The summed E-state index contributed by atoms with van der Waals surface area (Å²) >= 11 is 0. The minimum atomic E-state index is 0.375. The molecular weight excluding hydrogens is 152 g/mol. The number of carbonyl (C=O) groups excluding carboxylic acids is 1. The number of rotatable bonds is 1. The number of aryl methyl sites for hydroxylation is 1. The van der Waals surface area contributed by atoms with Gasteiger partial charge in [0.15, 0.2) is 0 Å². The van der Waals surface area contributed by atoms with Crippen molar-refractivity contribution in [3.05, 3.63) is 18.2 Å². The first-order chi connectivity index (χ1) is 5.77. The van der Waals surface area contributed by atoms with Gasteiger partial charge >= 0.3 is 0 Å². The van der Waals surface area contributed by atoms with E-state index in [0.717, 1.165) is 18.7 Å². The predicted molar refractivity (Wildman–Crippen MR) is 44.9 cm³/mol. The van der Waals surface area contributed by atoms with Gasteiger partial charge in [0.05, 0.1) is 0 Å². The summed E-state index contributed by atoms with van der Waals surface area (Å²) in [5.41, 5.74) is 0. The summed E-state index contributed by atoms with van der Waals surface area (Å²) in [6.07, 6.45) is 6.16. The van der Waals surface area contributed by atoms with E-state index in [0.29, 0.717) is 18.2 Å². The van der Waals surface area contributed by atoms with Crippen LogP contribution in [0.5, 0.6) is 0 Å². The molecule has 0 bridgehead atoms. The fraction of sp³-hybridized carbons (Fsp3) is 0.556. The molecule has 0 saturated heterocycles. The number of nitrogens with zero attached hydrogens (tertiary/aromatic N) is 2. The van der Waals surface area contributed by atoms with Crippen LogP contribution in [0.3, 0.4) is 0 Å². The largest absolute Gasteiger partial charge is 0.332 e. The summed E-state index contributed by atoms with van der Waals surface area (Å²) in [7, 11) is 0. The van der Waals surface area contributed by atoms with E-state index in [1.54, 1.807) is 6.20 Å². The second-order valence-corrected chi connectivity index (χ2v) is 3.32. The van der Waals surface area contributed by atoms with Crippen LogP contribution in [-0.4, -0.2) is 15.3 Å². The SMILES string of the molecule is Cc1nccn1C1CCC(=O)C1. The van der Waals surface area contributed by atoms with E-state index < -0.39 is 0 Å². The molecule has 2 rings (SSSR count). The lowest BCUT2D eigenvalue weighted by molar-refractivity contribution is -0.117. The standard InChI is InChI=1S/C9H12N2O/c1-7-10-4-5-11(7)8-2-3-9(12)6-8/h4-5,8H,2-3,6H2,1H3. The van der Waals surface area contributed by atoms with Crippen molar-refractivity contribution in [2.24, 2.45) is 0 Å². The van der Waals surface area contributed by atoms with Gasteiger partial charge in [-0.2, -0.15) is 0 Å². The van der Waals surface area contributed by atoms with Gasteiger partial charge in [0.2, 0.25) is 0 Å². The summed E-state index contributed by atoms with van der Waals surface area (Å²) < 4.78 is 2.10. The van der Waals surface area contributed by atoms with Crippen molar-refractivity contribution in [1.82, 2.24) is 9.55 Å². The Morgan fingerprint density at radius 2 is 2.50 bits per heavy atom. The highest BCUT2D eigenvalue weighted by Gasteiger charge is 2.23. The molecular formula is C9H12N2O. The molecule has 1 atom stereocenters. The number of ketones is 1. The maximum absolute atomic E-state index is 11.0. The van der Waals surface area contributed by atoms with Gasteiger partial charge in [0, 0.05) is 31.3 Å². The molecule has 1 saturated carbocycles. The Morgan fingerprint density at radius 3 is 3.00 bits per heavy atom. The Labute approximate surface area is 71.4 Å². The molecule has 1 aliphatic carbocycles. The zero-order chi connectivity index (χ0) is 8.55. The minimum absolute atomic E-state index is 0.375. The first-order valence-electron chi connectivity index (χ1n) is 4.28. The van der Waals surface area contributed by atoms with Crippen LogP contribution in [0.4, 0.5) is 0 Å². The van der Waals surface area contributed by atoms with Crippen molar-refractivity contribution in [3.8, 4) is 0 Å². The van der Waals surface area contributed by atoms with Crippen molar-refractivity contribution in [2.45, 2.75) is 32.2 Å². The third kappa shape index (κ3) is 1.15. The topological polar surface area (TPSA) is 34.9 Å². The third-order valence-electron chi connectivity index (χ3n) is 2.48. The average molecular weight is 164 g/mol. The monoisotopic (exact) mass is 164 g/mol. The third-order valence-corrected chi connectivity index (χ3v) is 2.48. The smallest absolute Gasteiger partial charge is 0.135 e. The Bertz CT molecular complexity index is 303. The second kappa shape index (κ2) is 2.73. The molecule has 0 aromatic carbocycles. The lowest BCUT2D eigenvalue weighted by atomic mass is 10.2. The first kappa shape index (κ1) is 7.53. The van der Waals surface area contributed by atoms with E-state index in [1.807, 2.05) is 13.1 Å². The van der Waals surface area contributed by atoms with Gasteiger partial charge in [0.25, 0.3) is 0 Å². The summed E-state index contributed by atoms with van der Waals surface area (Å²) in [5.74, 6) is 1.39. The number of hydrogen-bond acceptors (Lipinski definition) is 2. The van der Waals surface area contributed by atoms with Crippen molar-refractivity contribution < 1.29 is 4.79 Å². The van der Waals surface area contributed by atoms with E-state index in [4.69, 9.17) is 0 Å². The van der Waals surface area contributed by atoms with Crippen LogP contribution in [0.2, 0.25) is 0 Å². The second-order valence-electron chi connectivity index (χ2n) is 3.32. The average Bonchev–Trinajstić information content (AvgIpc) is 2.58. The summed E-state index contributed by atoms with van der Waals surface area (Å²) in [4.78, 5) is 15.2. The van der Waals surface area contributed by atoms with Crippen molar-refractivity contribution >= 4 is 5.78 Å². The molecule has 0 aliphatic heterocycles. The number of hydrogen-bond donors (Lipinski definition) is 0. The number of Topliss-reactive ketones (excluding diaryl/α,β-unsaturated/α-hetero) is 1. The normalized spacial score (nSPS) is 23.4. The van der Waals surface area contributed by atoms with E-state index in [2.05, 4.69) is 9.55 Å². The van der Waals surface area contributed by atoms with Crippen LogP contribution in [-0.2, 0) is 4.79 Å². The maximum Gasteiger partial charge on any atom is 0.135 e. The zero-order valence-corrected chi connectivity index (χ0v) is 7.16. The summed E-state index contributed by atoms with van der Waals surface area (Å²) in [6, 6.07) is 0.375. The minimum Gasteiger partial charge on any atom is -0.332 e. The lowest BCUT2D eigenvalue weighted by Crippen LogP contribution is -2.06. The fourth-order valence-electron chi connectivity index (χ4n) is 1.81. The molecule has 0 radical (unpaired) electrons. The van der Waals surface area contributed by atoms with Gasteiger partial charge in [-0.3, -0.25) is 4.79 Å². The molecule has 0 amide bonds. The van der Waals surface area contributed by atoms with Crippen molar-refractivity contribution in [2.75, 3.05) is 0 Å². The number of aromatic nitrogens is 2. The van der Waals surface area contributed by atoms with Crippen LogP contribution >= 0.6 is 0 Å². The van der Waals surface area contributed by atoms with Crippen LogP contribution in [0.1, 0.15) is 31.1 Å². The Hall–Kier alpha value is -1.12. The zero-order valence-electron chi connectivity index (χ0n) is 7.16. The molecule has 0 spiro atoms. The van der Waals surface area contributed by atoms with E-state index in [9.17, 15) is 4.79 Å². The molecule has 0 N–H and O–H groups in total. The highest BCUT2D eigenvalue weighted by molar-refractivity contribution is 5.80. The summed E-state index contributed by atoms with van der Waals surface area (Å²) in [5, 5.41) is 0. The number of carbonyl (C=O) groups is 1. The Morgan fingerprint density at radius 1 is 1.67 bits per heavy atom. The van der Waals surface area contributed by atoms with E-state index in [1.165, 1.54) is 0 Å². The van der Waals surface area contributed by atoms with Gasteiger partial charge in [0.1, 0.15) is 11.6 Å². The van der Waals surface area contributed by atoms with Gasteiger partial charge in [-0.1, -0.05) is 0 Å². The molecule has 12 heavy (non-hydrogen) atoms. The molecule has 3 heteroatoms. The predicted octanol–water partition coefficient (Wildman–Crippen LogP) is 1.49. The van der Waals surface area contributed by atoms with Crippen molar-refractivity contribution in [1.29, 1.82) is 0 Å². The van der Waals surface area contributed by atoms with Gasteiger partial charge in [-0.15, -0.1) is 0 Å². The molecule has 1 aliphatic rings. The quantitative estimate of drug-likeness (QED) is 0.630. The molecule has 64 valence electrons. The first-order valence-corrected chi connectivity index (χ1v) is 4.28. The highest BCUT2D eigenvalue weighted by atomic mass is 16.1. The van der Waals surface area contributed by atoms with Crippen LogP contribution in [0.15, 0.2) is 12.4 Å². The molecule has 1 fully saturated rings. The van der Waals surface area contributed by atoms with Gasteiger partial charge < -0.3 is 4.57 Å². The maximum atomic E-state index is 11.0. The van der Waals surface area contributed by atoms with E-state index in [-0.39, 0.29) is 0 Å². The molecule has 1 aromatic heterocycles.